The molecule has 0 aliphatic rings. The summed E-state index contributed by atoms with van der Waals surface area (Å²) >= 11 is 3.42. The number of ether oxygens (including phenoxy) is 1. The number of alkyl halides is 4. The van der Waals surface area contributed by atoms with Crippen molar-refractivity contribution in [1.82, 2.24) is 14.7 Å². The van der Waals surface area contributed by atoms with Crippen molar-refractivity contribution in [3.63, 3.8) is 0 Å². The predicted octanol–water partition coefficient (Wildman–Crippen LogP) is 5.41. The van der Waals surface area contributed by atoms with Crippen LogP contribution in [0.15, 0.2) is 76.2 Å². The van der Waals surface area contributed by atoms with Crippen molar-refractivity contribution < 1.29 is 22.4 Å². The second kappa shape index (κ2) is 8.99. The summed E-state index contributed by atoms with van der Waals surface area (Å²) in [5.74, 6) is 0.0286. The van der Waals surface area contributed by atoms with Crippen LogP contribution in [0.4, 0.5) is 13.2 Å². The Hall–Kier alpha value is -3.40. The molecule has 0 N–H and O–H groups in total. The van der Waals surface area contributed by atoms with Gasteiger partial charge < -0.3 is 13.8 Å². The summed E-state index contributed by atoms with van der Waals surface area (Å²) in [6, 6.07) is 16.0. The molecule has 0 spiro atoms. The number of hydrogen-bond donors (Lipinski definition) is 0. The van der Waals surface area contributed by atoms with Crippen molar-refractivity contribution in [2.75, 3.05) is 0 Å². The summed E-state index contributed by atoms with van der Waals surface area (Å²) < 4.78 is 47.6. The molecule has 0 atom stereocenters. The number of pyridine rings is 1. The molecule has 10 heteroatoms. The van der Waals surface area contributed by atoms with Gasteiger partial charge in [0, 0.05) is 23.2 Å². The molecule has 0 aliphatic heterocycles. The van der Waals surface area contributed by atoms with E-state index in [0.29, 0.717) is 23.0 Å². The number of benzene rings is 2. The van der Waals surface area contributed by atoms with E-state index < -0.39 is 6.36 Å². The van der Waals surface area contributed by atoms with Crippen molar-refractivity contribution in [2.45, 2.75) is 18.2 Å². The number of nitrogens with zero attached hydrogens (tertiary/aromatic N) is 3. The van der Waals surface area contributed by atoms with E-state index in [9.17, 15) is 18.0 Å². The van der Waals surface area contributed by atoms with Crippen LogP contribution in [0.2, 0.25) is 0 Å². The smallest absolute Gasteiger partial charge is 0.406 e. The van der Waals surface area contributed by atoms with Crippen LogP contribution < -0.4 is 10.3 Å². The molecule has 0 amide bonds. The quantitative estimate of drug-likeness (QED) is 0.328. The number of hydrogen-bond acceptors (Lipinski definition) is 5. The van der Waals surface area contributed by atoms with Crippen LogP contribution in [0.1, 0.15) is 11.1 Å². The molecule has 0 saturated heterocycles. The zero-order valence-corrected chi connectivity index (χ0v) is 17.9. The minimum atomic E-state index is -4.76. The van der Waals surface area contributed by atoms with Crippen LogP contribution in [0.5, 0.6) is 5.75 Å². The Bertz CT molecular complexity index is 1280. The molecule has 32 heavy (non-hydrogen) atoms. The fourth-order valence-electron chi connectivity index (χ4n) is 3.05. The maximum absolute atomic E-state index is 12.3. The van der Waals surface area contributed by atoms with Crippen LogP contribution in [0.3, 0.4) is 0 Å². The first-order valence-electron chi connectivity index (χ1n) is 9.35. The lowest BCUT2D eigenvalue weighted by Crippen LogP contribution is -2.19. The number of halogens is 4. The predicted molar refractivity (Wildman–Crippen MR) is 114 cm³/mol. The molecule has 0 saturated carbocycles. The summed E-state index contributed by atoms with van der Waals surface area (Å²) in [6.07, 6.45) is -3.14. The number of aromatic nitrogens is 3. The van der Waals surface area contributed by atoms with E-state index in [0.717, 1.165) is 11.1 Å². The van der Waals surface area contributed by atoms with Crippen LogP contribution in [-0.2, 0) is 11.9 Å². The lowest BCUT2D eigenvalue weighted by atomic mass is 10.1. The molecule has 0 radical (unpaired) electrons. The lowest BCUT2D eigenvalue weighted by Gasteiger charge is -2.08. The molecule has 164 valence electrons. The van der Waals surface area contributed by atoms with Crippen molar-refractivity contribution in [3.8, 4) is 28.6 Å². The summed E-state index contributed by atoms with van der Waals surface area (Å²) in [7, 11) is 0. The second-order valence-corrected chi connectivity index (χ2v) is 7.39. The van der Waals surface area contributed by atoms with Gasteiger partial charge in [-0.3, -0.25) is 4.79 Å². The normalized spacial score (nSPS) is 11.5. The monoisotopic (exact) mass is 505 g/mol. The Morgan fingerprint density at radius 2 is 1.72 bits per heavy atom. The highest BCUT2D eigenvalue weighted by atomic mass is 79.9. The highest BCUT2D eigenvalue weighted by Gasteiger charge is 2.31. The van der Waals surface area contributed by atoms with Crippen LogP contribution in [-0.4, -0.2) is 21.1 Å². The molecule has 0 bridgehead atoms. The average Bonchev–Trinajstić information content (AvgIpc) is 3.25. The Labute approximate surface area is 188 Å². The Kier molecular flexibility index (Phi) is 6.13. The van der Waals surface area contributed by atoms with Gasteiger partial charge in [-0.1, -0.05) is 45.4 Å². The third-order valence-electron chi connectivity index (χ3n) is 4.50. The van der Waals surface area contributed by atoms with Gasteiger partial charge in [-0.15, -0.1) is 13.2 Å². The summed E-state index contributed by atoms with van der Waals surface area (Å²) in [4.78, 5) is 16.6. The van der Waals surface area contributed by atoms with E-state index >= 15 is 0 Å². The topological polar surface area (TPSA) is 70.2 Å². The highest BCUT2D eigenvalue weighted by molar-refractivity contribution is 9.08. The van der Waals surface area contributed by atoms with Crippen molar-refractivity contribution >= 4 is 15.9 Å². The molecular formula is C22H15BrF3N3O3. The van der Waals surface area contributed by atoms with Gasteiger partial charge in [-0.25, -0.2) is 0 Å². The first kappa shape index (κ1) is 21.8. The van der Waals surface area contributed by atoms with Crippen LogP contribution in [0.25, 0.3) is 22.8 Å². The molecule has 6 nitrogen and oxygen atoms in total. The first-order valence-corrected chi connectivity index (χ1v) is 10.5. The fraction of sp³-hybridized carbons (Fsp3) is 0.136. The van der Waals surface area contributed by atoms with Gasteiger partial charge in [0.05, 0.1) is 12.1 Å². The maximum atomic E-state index is 12.3. The van der Waals surface area contributed by atoms with Gasteiger partial charge in [-0.2, -0.15) is 4.98 Å². The van der Waals surface area contributed by atoms with Gasteiger partial charge in [0.2, 0.25) is 5.82 Å². The van der Waals surface area contributed by atoms with Gasteiger partial charge in [0.1, 0.15) is 5.75 Å². The SMILES string of the molecule is O=c1ccc(-c2nc(-c3ccc(OC(F)(F)F)cc3)no2)cn1Cc1cccc(CBr)c1. The van der Waals surface area contributed by atoms with E-state index in [4.69, 9.17) is 4.52 Å². The Morgan fingerprint density at radius 1 is 1.00 bits per heavy atom. The van der Waals surface area contributed by atoms with E-state index in [1.54, 1.807) is 12.3 Å². The molecule has 2 heterocycles. The average molecular weight is 506 g/mol. The van der Waals surface area contributed by atoms with Gasteiger partial charge in [0.25, 0.3) is 11.4 Å². The molecule has 2 aromatic heterocycles. The van der Waals surface area contributed by atoms with E-state index in [1.807, 2.05) is 24.3 Å². The standard InChI is InChI=1S/C22H15BrF3N3O3/c23-11-14-2-1-3-15(10-14)12-29-13-17(6-9-19(29)30)21-27-20(28-32-21)16-4-7-18(8-5-16)31-22(24,25)26/h1-10,13H,11-12H2. The molecule has 2 aromatic carbocycles. The van der Waals surface area contributed by atoms with Gasteiger partial charge >= 0.3 is 6.36 Å². The molecule has 0 unspecified atom stereocenters. The number of rotatable bonds is 6. The second-order valence-electron chi connectivity index (χ2n) is 6.83. The van der Waals surface area contributed by atoms with E-state index in [2.05, 4.69) is 30.8 Å². The minimum absolute atomic E-state index is 0.179. The summed E-state index contributed by atoms with van der Waals surface area (Å²) in [6.45, 7) is 0.370. The van der Waals surface area contributed by atoms with Gasteiger partial charge in [-0.05, 0) is 41.5 Å². The summed E-state index contributed by atoms with van der Waals surface area (Å²) in [5, 5.41) is 4.60. The zero-order chi connectivity index (χ0) is 22.7. The molecule has 0 fully saturated rings. The van der Waals surface area contributed by atoms with Crippen LogP contribution >= 0.6 is 15.9 Å². The van der Waals surface area contributed by atoms with Gasteiger partial charge in [0.15, 0.2) is 0 Å². The largest absolute Gasteiger partial charge is 0.573 e. The maximum Gasteiger partial charge on any atom is 0.573 e. The Balaban J connectivity index is 1.56. The highest BCUT2D eigenvalue weighted by Crippen LogP contribution is 2.26. The van der Waals surface area contributed by atoms with Crippen molar-refractivity contribution in [1.29, 1.82) is 0 Å². The lowest BCUT2D eigenvalue weighted by molar-refractivity contribution is -0.274. The summed E-state index contributed by atoms with van der Waals surface area (Å²) in [5.41, 5.74) is 2.87. The third-order valence-corrected chi connectivity index (χ3v) is 5.15. The fourth-order valence-corrected chi connectivity index (χ4v) is 3.40. The van der Waals surface area contributed by atoms with Crippen LogP contribution in [0, 0.1) is 0 Å². The molecular weight excluding hydrogens is 491 g/mol. The molecule has 0 aliphatic carbocycles. The van der Waals surface area contributed by atoms with Crippen molar-refractivity contribution in [2.24, 2.45) is 0 Å². The van der Waals surface area contributed by atoms with Crippen molar-refractivity contribution in [3.05, 3.63) is 88.3 Å². The molecule has 4 rings (SSSR count). The van der Waals surface area contributed by atoms with E-state index in [1.165, 1.54) is 34.9 Å². The third kappa shape index (κ3) is 5.25. The molecule has 4 aromatic rings. The Morgan fingerprint density at radius 3 is 2.44 bits per heavy atom. The first-order chi connectivity index (χ1) is 15.3. The minimum Gasteiger partial charge on any atom is -0.406 e. The van der Waals surface area contributed by atoms with E-state index in [-0.39, 0.29) is 23.0 Å². The zero-order valence-electron chi connectivity index (χ0n) is 16.3.